The number of pyridine rings is 1. The first-order valence-corrected chi connectivity index (χ1v) is 5.85. The second-order valence-corrected chi connectivity index (χ2v) is 4.85. The van der Waals surface area contributed by atoms with Gasteiger partial charge in [0.2, 0.25) is 0 Å². The van der Waals surface area contributed by atoms with E-state index in [2.05, 4.69) is 5.10 Å². The summed E-state index contributed by atoms with van der Waals surface area (Å²) in [5.74, 6) is -1.02. The largest absolute Gasteiger partial charge is 0.479 e. The Morgan fingerprint density at radius 3 is 2.78 bits per heavy atom. The molecular weight excluding hydrogens is 234 g/mol. The van der Waals surface area contributed by atoms with Gasteiger partial charge in [0.15, 0.2) is 11.2 Å². The Morgan fingerprint density at radius 2 is 2.22 bits per heavy atom. The summed E-state index contributed by atoms with van der Waals surface area (Å²) in [6.45, 7) is 1.57. The van der Waals surface area contributed by atoms with Gasteiger partial charge in [0.05, 0.1) is 0 Å². The Kier molecular flexibility index (Phi) is 2.10. The van der Waals surface area contributed by atoms with Crippen LogP contribution in [-0.4, -0.2) is 25.3 Å². The Balaban J connectivity index is 2.27. The summed E-state index contributed by atoms with van der Waals surface area (Å²) in [6.07, 6.45) is 3.24. The lowest BCUT2D eigenvalue weighted by molar-refractivity contribution is -0.148. The fourth-order valence-electron chi connectivity index (χ4n) is 2.31. The van der Waals surface area contributed by atoms with Gasteiger partial charge in [0.25, 0.3) is 0 Å². The highest BCUT2D eigenvalue weighted by atomic mass is 16.4. The first-order chi connectivity index (χ1) is 8.55. The minimum Gasteiger partial charge on any atom is -0.479 e. The van der Waals surface area contributed by atoms with Crippen LogP contribution in [0.4, 0.5) is 0 Å². The quantitative estimate of drug-likeness (QED) is 0.866. The van der Waals surface area contributed by atoms with E-state index in [0.717, 1.165) is 17.5 Å². The molecule has 0 spiro atoms. The van der Waals surface area contributed by atoms with Gasteiger partial charge in [-0.1, -0.05) is 6.07 Å². The lowest BCUT2D eigenvalue weighted by Gasteiger charge is -2.23. The molecule has 1 unspecified atom stereocenters. The average Bonchev–Trinajstić information content (AvgIpc) is 3.14. The maximum atomic E-state index is 12.2. The first-order valence-electron chi connectivity index (χ1n) is 5.85. The van der Waals surface area contributed by atoms with Crippen molar-refractivity contribution < 1.29 is 9.90 Å². The molecule has 2 aromatic rings. The van der Waals surface area contributed by atoms with Crippen LogP contribution in [0.25, 0.3) is 5.65 Å². The van der Waals surface area contributed by atoms with E-state index < -0.39 is 17.2 Å². The van der Waals surface area contributed by atoms with E-state index in [0.29, 0.717) is 5.65 Å². The molecule has 0 aromatic carbocycles. The van der Waals surface area contributed by atoms with Crippen molar-refractivity contribution in [3.8, 4) is 0 Å². The molecule has 6 heteroatoms. The minimum atomic E-state index is -1.25. The first kappa shape index (κ1) is 11.0. The summed E-state index contributed by atoms with van der Waals surface area (Å²) in [4.78, 5) is 23.7. The molecule has 1 fully saturated rings. The molecule has 6 nitrogen and oxygen atoms in total. The third kappa shape index (κ3) is 1.32. The molecule has 94 valence electrons. The third-order valence-electron chi connectivity index (χ3n) is 3.67. The van der Waals surface area contributed by atoms with E-state index in [1.807, 2.05) is 0 Å². The number of nitrogens with zero attached hydrogens (tertiary/aromatic N) is 3. The number of aromatic nitrogens is 3. The average molecular weight is 247 g/mol. The van der Waals surface area contributed by atoms with Gasteiger partial charge in [-0.15, -0.1) is 5.10 Å². The molecule has 1 N–H and O–H groups in total. The highest BCUT2D eigenvalue weighted by Gasteiger charge is 2.51. The van der Waals surface area contributed by atoms with E-state index in [1.165, 1.54) is 4.40 Å². The highest BCUT2D eigenvalue weighted by molar-refractivity contribution is 5.77. The van der Waals surface area contributed by atoms with Crippen LogP contribution in [0.1, 0.15) is 19.8 Å². The van der Waals surface area contributed by atoms with Crippen LogP contribution >= 0.6 is 0 Å². The van der Waals surface area contributed by atoms with Gasteiger partial charge < -0.3 is 5.11 Å². The van der Waals surface area contributed by atoms with Crippen LogP contribution in [0.2, 0.25) is 0 Å². The van der Waals surface area contributed by atoms with Gasteiger partial charge in [-0.05, 0) is 37.8 Å². The lowest BCUT2D eigenvalue weighted by atomic mass is 9.96. The lowest BCUT2D eigenvalue weighted by Crippen LogP contribution is -2.47. The standard InChI is InChI=1S/C12H13N3O3/c1-12(10(16)17,8-5-6-8)15-11(18)14-7-3-2-4-9(14)13-15/h2-4,7-8H,5-6H2,1H3,(H,16,17). The molecular formula is C12H13N3O3. The SMILES string of the molecule is CC(C(=O)O)(C1CC1)n1nc2ccccn2c1=O. The van der Waals surface area contributed by atoms with Gasteiger partial charge in [-0.25, -0.2) is 9.59 Å². The molecule has 0 saturated heterocycles. The van der Waals surface area contributed by atoms with Crippen molar-refractivity contribution in [2.24, 2.45) is 5.92 Å². The van der Waals surface area contributed by atoms with Crippen molar-refractivity contribution in [2.45, 2.75) is 25.3 Å². The molecule has 1 saturated carbocycles. The van der Waals surface area contributed by atoms with Crippen LogP contribution < -0.4 is 5.69 Å². The van der Waals surface area contributed by atoms with Gasteiger partial charge in [0.1, 0.15) is 0 Å². The van der Waals surface area contributed by atoms with Gasteiger partial charge in [-0.2, -0.15) is 4.68 Å². The van der Waals surface area contributed by atoms with Crippen LogP contribution in [0.3, 0.4) is 0 Å². The maximum absolute atomic E-state index is 12.2. The van der Waals surface area contributed by atoms with Crippen LogP contribution in [0.15, 0.2) is 29.2 Å². The maximum Gasteiger partial charge on any atom is 0.351 e. The molecule has 0 aliphatic heterocycles. The zero-order valence-electron chi connectivity index (χ0n) is 9.91. The Hall–Kier alpha value is -2.11. The van der Waals surface area contributed by atoms with Crippen molar-refractivity contribution in [1.82, 2.24) is 14.2 Å². The second kappa shape index (κ2) is 3.44. The van der Waals surface area contributed by atoms with Gasteiger partial charge in [-0.3, -0.25) is 4.40 Å². The summed E-state index contributed by atoms with van der Waals surface area (Å²) >= 11 is 0. The summed E-state index contributed by atoms with van der Waals surface area (Å²) in [6, 6.07) is 5.17. The summed E-state index contributed by atoms with van der Waals surface area (Å²) in [5, 5.41) is 13.6. The summed E-state index contributed by atoms with van der Waals surface area (Å²) in [5.41, 5.74) is -1.18. The number of fused-ring (bicyclic) bond motifs is 1. The van der Waals surface area contributed by atoms with Crippen LogP contribution in [0, 0.1) is 5.92 Å². The topological polar surface area (TPSA) is 76.6 Å². The van der Waals surface area contributed by atoms with Crippen LogP contribution in [0.5, 0.6) is 0 Å². The number of carboxylic acids is 1. The number of hydrogen-bond acceptors (Lipinski definition) is 3. The molecule has 3 rings (SSSR count). The van der Waals surface area contributed by atoms with Crippen molar-refractivity contribution >= 4 is 11.6 Å². The van der Waals surface area contributed by atoms with E-state index in [-0.39, 0.29) is 5.92 Å². The minimum absolute atomic E-state index is 0.0161. The number of aliphatic carboxylic acids is 1. The Labute approximate surface area is 102 Å². The molecule has 2 aromatic heterocycles. The zero-order chi connectivity index (χ0) is 12.9. The van der Waals surface area contributed by atoms with Crippen molar-refractivity contribution in [3.63, 3.8) is 0 Å². The van der Waals surface area contributed by atoms with Crippen molar-refractivity contribution in [1.29, 1.82) is 0 Å². The third-order valence-corrected chi connectivity index (χ3v) is 3.67. The van der Waals surface area contributed by atoms with E-state index >= 15 is 0 Å². The molecule has 1 aliphatic carbocycles. The van der Waals surface area contributed by atoms with Gasteiger partial charge >= 0.3 is 11.7 Å². The highest BCUT2D eigenvalue weighted by Crippen LogP contribution is 2.43. The fourth-order valence-corrected chi connectivity index (χ4v) is 2.31. The predicted octanol–water partition coefficient (Wildman–Crippen LogP) is 0.706. The monoisotopic (exact) mass is 247 g/mol. The van der Waals surface area contributed by atoms with Crippen molar-refractivity contribution in [3.05, 3.63) is 34.9 Å². The number of hydrogen-bond donors (Lipinski definition) is 1. The normalized spacial score (nSPS) is 18.7. The van der Waals surface area contributed by atoms with E-state index in [9.17, 15) is 14.7 Å². The van der Waals surface area contributed by atoms with E-state index in [1.54, 1.807) is 31.3 Å². The predicted molar refractivity (Wildman–Crippen MR) is 63.5 cm³/mol. The van der Waals surface area contributed by atoms with Crippen LogP contribution in [-0.2, 0) is 10.3 Å². The second-order valence-electron chi connectivity index (χ2n) is 4.85. The van der Waals surface area contributed by atoms with Gasteiger partial charge in [0, 0.05) is 6.20 Å². The Bertz CT molecular complexity index is 683. The molecule has 2 heterocycles. The molecule has 1 atom stereocenters. The Morgan fingerprint density at radius 1 is 1.50 bits per heavy atom. The molecule has 18 heavy (non-hydrogen) atoms. The number of carbonyl (C=O) groups is 1. The molecule has 0 amide bonds. The number of carboxylic acid groups (broad SMARTS) is 1. The van der Waals surface area contributed by atoms with E-state index in [4.69, 9.17) is 0 Å². The fraction of sp³-hybridized carbons (Fsp3) is 0.417. The molecule has 0 bridgehead atoms. The number of rotatable bonds is 3. The van der Waals surface area contributed by atoms with Crippen molar-refractivity contribution in [2.75, 3.05) is 0 Å². The smallest absolute Gasteiger partial charge is 0.351 e. The summed E-state index contributed by atoms with van der Waals surface area (Å²) in [7, 11) is 0. The zero-order valence-corrected chi connectivity index (χ0v) is 9.91. The molecule has 1 aliphatic rings. The molecule has 0 radical (unpaired) electrons. The summed E-state index contributed by atoms with van der Waals surface area (Å²) < 4.78 is 2.48.